The van der Waals surface area contributed by atoms with Gasteiger partial charge in [-0.05, 0) is 24.3 Å². The summed E-state index contributed by atoms with van der Waals surface area (Å²) in [5.41, 5.74) is 0.794. The van der Waals surface area contributed by atoms with Crippen LogP contribution in [-0.2, 0) is 0 Å². The summed E-state index contributed by atoms with van der Waals surface area (Å²) in [6, 6.07) is 11.7. The normalized spacial score (nSPS) is 9.56. The van der Waals surface area contributed by atoms with Gasteiger partial charge in [0, 0.05) is 6.20 Å². The average Bonchev–Trinajstić information content (AvgIpc) is 2.39. The van der Waals surface area contributed by atoms with Crippen LogP contribution in [0.3, 0.4) is 0 Å². The first-order chi connectivity index (χ1) is 8.70. The molecule has 0 aliphatic rings. The van der Waals surface area contributed by atoms with Gasteiger partial charge in [-0.1, -0.05) is 23.7 Å². The third kappa shape index (κ3) is 2.65. The smallest absolute Gasteiger partial charge is 0.258 e. The van der Waals surface area contributed by atoms with E-state index in [0.29, 0.717) is 22.0 Å². The van der Waals surface area contributed by atoms with Gasteiger partial charge in [0.2, 0.25) is 0 Å². The van der Waals surface area contributed by atoms with Crippen LogP contribution in [0.4, 0.5) is 5.82 Å². The minimum Gasteiger partial charge on any atom is -0.306 e. The fraction of sp³-hybridized carbons (Fsp3) is 0. The van der Waals surface area contributed by atoms with Crippen LogP contribution in [0.2, 0.25) is 5.02 Å². The number of nitrogens with zero attached hydrogens (tertiary/aromatic N) is 2. The number of pyridine rings is 1. The maximum absolute atomic E-state index is 11.9. The maximum Gasteiger partial charge on any atom is 0.258 e. The lowest BCUT2D eigenvalue weighted by Crippen LogP contribution is -2.13. The van der Waals surface area contributed by atoms with E-state index in [9.17, 15) is 4.79 Å². The SMILES string of the molecule is N#Cc1ccnc(NC(=O)c2ccccc2Cl)c1. The van der Waals surface area contributed by atoms with Gasteiger partial charge in [0.15, 0.2) is 0 Å². The fourth-order valence-electron chi connectivity index (χ4n) is 1.40. The lowest BCUT2D eigenvalue weighted by Gasteiger charge is -2.05. The third-order valence-corrected chi connectivity index (χ3v) is 2.58. The topological polar surface area (TPSA) is 65.8 Å². The Kier molecular flexibility index (Phi) is 3.56. The summed E-state index contributed by atoms with van der Waals surface area (Å²) in [5, 5.41) is 11.7. The molecular formula is C13H8ClN3O. The van der Waals surface area contributed by atoms with Crippen LogP contribution in [0.15, 0.2) is 42.6 Å². The molecule has 4 nitrogen and oxygen atoms in total. The van der Waals surface area contributed by atoms with Gasteiger partial charge < -0.3 is 5.32 Å². The monoisotopic (exact) mass is 257 g/mol. The molecule has 0 spiro atoms. The molecule has 0 saturated heterocycles. The van der Waals surface area contributed by atoms with Crippen LogP contribution in [0, 0.1) is 11.3 Å². The standard InChI is InChI=1S/C13H8ClN3O/c14-11-4-2-1-3-10(11)13(18)17-12-7-9(8-15)5-6-16-12/h1-7H,(H,16,17,18). The summed E-state index contributed by atoms with van der Waals surface area (Å²) in [7, 11) is 0. The predicted octanol–water partition coefficient (Wildman–Crippen LogP) is 2.86. The van der Waals surface area contributed by atoms with E-state index in [-0.39, 0.29) is 5.91 Å². The van der Waals surface area contributed by atoms with Crippen LogP contribution >= 0.6 is 11.6 Å². The number of aromatic nitrogens is 1. The molecular weight excluding hydrogens is 250 g/mol. The number of amides is 1. The van der Waals surface area contributed by atoms with E-state index in [1.165, 1.54) is 12.3 Å². The lowest BCUT2D eigenvalue weighted by atomic mass is 10.2. The van der Waals surface area contributed by atoms with Gasteiger partial charge in [0.25, 0.3) is 5.91 Å². The molecule has 0 bridgehead atoms. The molecule has 1 aromatic carbocycles. The molecule has 0 unspecified atom stereocenters. The zero-order valence-corrected chi connectivity index (χ0v) is 9.98. The van der Waals surface area contributed by atoms with E-state index in [1.807, 2.05) is 6.07 Å². The summed E-state index contributed by atoms with van der Waals surface area (Å²) in [5.74, 6) is -0.0397. The number of rotatable bonds is 2. The van der Waals surface area contributed by atoms with Crippen molar-refractivity contribution in [2.24, 2.45) is 0 Å². The van der Waals surface area contributed by atoms with Gasteiger partial charge in [-0.25, -0.2) is 4.98 Å². The molecule has 0 fully saturated rings. The quantitative estimate of drug-likeness (QED) is 0.900. The Morgan fingerprint density at radius 1 is 1.33 bits per heavy atom. The van der Waals surface area contributed by atoms with Gasteiger partial charge in [-0.3, -0.25) is 4.79 Å². The Bertz CT molecular complexity index is 634. The Morgan fingerprint density at radius 2 is 2.11 bits per heavy atom. The van der Waals surface area contributed by atoms with Crippen molar-refractivity contribution in [1.29, 1.82) is 5.26 Å². The van der Waals surface area contributed by atoms with Crippen molar-refractivity contribution in [1.82, 2.24) is 4.98 Å². The summed E-state index contributed by atoms with van der Waals surface area (Å²) < 4.78 is 0. The first-order valence-electron chi connectivity index (χ1n) is 5.13. The molecule has 2 aromatic rings. The first kappa shape index (κ1) is 12.1. The van der Waals surface area contributed by atoms with Crippen LogP contribution in [0.5, 0.6) is 0 Å². The van der Waals surface area contributed by atoms with Gasteiger partial charge in [0.05, 0.1) is 22.2 Å². The molecule has 2 rings (SSSR count). The molecule has 5 heteroatoms. The molecule has 1 heterocycles. The van der Waals surface area contributed by atoms with Gasteiger partial charge >= 0.3 is 0 Å². The van der Waals surface area contributed by atoms with Crippen molar-refractivity contribution in [2.45, 2.75) is 0 Å². The van der Waals surface area contributed by atoms with Crippen LogP contribution in [0.25, 0.3) is 0 Å². The highest BCUT2D eigenvalue weighted by Gasteiger charge is 2.10. The highest BCUT2D eigenvalue weighted by atomic mass is 35.5. The number of benzene rings is 1. The van der Waals surface area contributed by atoms with E-state index in [2.05, 4.69) is 10.3 Å². The minimum absolute atomic E-state index is 0.318. The van der Waals surface area contributed by atoms with Crippen molar-refractivity contribution in [3.05, 3.63) is 58.7 Å². The van der Waals surface area contributed by atoms with Crippen molar-refractivity contribution in [2.75, 3.05) is 5.32 Å². The molecule has 1 aromatic heterocycles. The Labute approximate surface area is 109 Å². The fourth-order valence-corrected chi connectivity index (χ4v) is 1.62. The second-order valence-corrected chi connectivity index (χ2v) is 3.88. The van der Waals surface area contributed by atoms with Crippen molar-refractivity contribution < 1.29 is 4.79 Å². The Balaban J connectivity index is 2.22. The summed E-state index contributed by atoms with van der Waals surface area (Å²) in [6.07, 6.45) is 1.46. The molecule has 0 atom stereocenters. The van der Waals surface area contributed by atoms with Crippen molar-refractivity contribution in [3.63, 3.8) is 0 Å². The van der Waals surface area contributed by atoms with Gasteiger partial charge in [-0.2, -0.15) is 5.26 Å². The average molecular weight is 258 g/mol. The number of anilines is 1. The second kappa shape index (κ2) is 5.30. The molecule has 1 amide bonds. The van der Waals surface area contributed by atoms with Crippen LogP contribution in [0.1, 0.15) is 15.9 Å². The number of carbonyl (C=O) groups excluding carboxylic acids is 1. The van der Waals surface area contributed by atoms with Crippen molar-refractivity contribution in [3.8, 4) is 6.07 Å². The third-order valence-electron chi connectivity index (χ3n) is 2.25. The molecule has 1 N–H and O–H groups in total. The molecule has 0 saturated carbocycles. The lowest BCUT2D eigenvalue weighted by molar-refractivity contribution is 0.102. The van der Waals surface area contributed by atoms with E-state index in [1.54, 1.807) is 30.3 Å². The highest BCUT2D eigenvalue weighted by Crippen LogP contribution is 2.16. The molecule has 18 heavy (non-hydrogen) atoms. The van der Waals surface area contributed by atoms with Gasteiger partial charge in [0.1, 0.15) is 5.82 Å². The molecule has 0 aliphatic heterocycles. The number of hydrogen-bond acceptors (Lipinski definition) is 3. The van der Waals surface area contributed by atoms with Crippen LogP contribution < -0.4 is 5.32 Å². The largest absolute Gasteiger partial charge is 0.306 e. The molecule has 0 aliphatic carbocycles. The van der Waals surface area contributed by atoms with E-state index < -0.39 is 0 Å². The zero-order chi connectivity index (χ0) is 13.0. The first-order valence-corrected chi connectivity index (χ1v) is 5.50. The zero-order valence-electron chi connectivity index (χ0n) is 9.22. The molecule has 88 valence electrons. The Hall–Kier alpha value is -2.38. The second-order valence-electron chi connectivity index (χ2n) is 3.48. The highest BCUT2D eigenvalue weighted by molar-refractivity contribution is 6.34. The van der Waals surface area contributed by atoms with E-state index in [0.717, 1.165) is 0 Å². The number of nitrogens with one attached hydrogen (secondary N) is 1. The summed E-state index contributed by atoms with van der Waals surface area (Å²) in [4.78, 5) is 15.9. The maximum atomic E-state index is 11.9. The van der Waals surface area contributed by atoms with E-state index >= 15 is 0 Å². The minimum atomic E-state index is -0.358. The number of hydrogen-bond donors (Lipinski definition) is 1. The predicted molar refractivity (Wildman–Crippen MR) is 68.4 cm³/mol. The van der Waals surface area contributed by atoms with Gasteiger partial charge in [-0.15, -0.1) is 0 Å². The van der Waals surface area contributed by atoms with E-state index in [4.69, 9.17) is 16.9 Å². The molecule has 0 radical (unpaired) electrons. The van der Waals surface area contributed by atoms with Crippen molar-refractivity contribution >= 4 is 23.3 Å². The number of nitriles is 1. The number of halogens is 1. The number of carbonyl (C=O) groups is 1. The summed E-state index contributed by atoms with van der Waals surface area (Å²) >= 11 is 5.91. The Morgan fingerprint density at radius 3 is 2.83 bits per heavy atom. The summed E-state index contributed by atoms with van der Waals surface area (Å²) in [6.45, 7) is 0. The van der Waals surface area contributed by atoms with Crippen LogP contribution in [-0.4, -0.2) is 10.9 Å².